The van der Waals surface area contributed by atoms with Gasteiger partial charge in [0.1, 0.15) is 12.4 Å². The Labute approximate surface area is 183 Å². The van der Waals surface area contributed by atoms with Crippen molar-refractivity contribution in [1.82, 2.24) is 9.55 Å². The Morgan fingerprint density at radius 1 is 1.03 bits per heavy atom. The molecule has 1 N–H and O–H groups in total. The third-order valence-corrected chi connectivity index (χ3v) is 5.19. The fourth-order valence-corrected chi connectivity index (χ4v) is 3.49. The second-order valence-electron chi connectivity index (χ2n) is 7.60. The van der Waals surface area contributed by atoms with E-state index in [0.717, 1.165) is 5.56 Å². The highest BCUT2D eigenvalue weighted by molar-refractivity contribution is 6.10. The van der Waals surface area contributed by atoms with Gasteiger partial charge in [-0.1, -0.05) is 17.7 Å². The molecule has 7 heteroatoms. The lowest BCUT2D eigenvalue weighted by Crippen LogP contribution is -2.24. The number of halogens is 1. The molecule has 160 valence electrons. The van der Waals surface area contributed by atoms with Gasteiger partial charge in [0.25, 0.3) is 0 Å². The number of anilines is 1. The van der Waals surface area contributed by atoms with Crippen molar-refractivity contribution in [2.45, 2.75) is 20.4 Å². The van der Waals surface area contributed by atoms with Crippen LogP contribution >= 0.6 is 0 Å². The number of carbonyl (C=O) groups is 2. The number of hydrogen-bond acceptors (Lipinski definition) is 4. The van der Waals surface area contributed by atoms with Crippen LogP contribution in [-0.2, 0) is 11.3 Å². The molecule has 0 saturated carbocycles. The lowest BCUT2D eigenvalue weighted by Gasteiger charge is -2.14. The molecule has 4 aromatic rings. The number of nitrogens with one attached hydrogen (secondary N) is 1. The second-order valence-corrected chi connectivity index (χ2v) is 7.60. The minimum atomic E-state index is -0.449. The van der Waals surface area contributed by atoms with Crippen LogP contribution in [0.15, 0.2) is 71.9 Å². The van der Waals surface area contributed by atoms with Crippen LogP contribution in [0.2, 0.25) is 0 Å². The molecule has 0 aliphatic rings. The molecular weight excluding hydrogens is 409 g/mol. The Bertz CT molecular complexity index is 1410. The van der Waals surface area contributed by atoms with Crippen molar-refractivity contribution in [1.29, 1.82) is 0 Å². The first-order valence-corrected chi connectivity index (χ1v) is 9.98. The van der Waals surface area contributed by atoms with Gasteiger partial charge < -0.3 is 9.88 Å². The Morgan fingerprint density at radius 2 is 1.78 bits per heavy atom. The summed E-state index contributed by atoms with van der Waals surface area (Å²) < 4.78 is 15.4. The normalized spacial score (nSPS) is 10.8. The van der Waals surface area contributed by atoms with E-state index in [1.165, 1.54) is 36.8 Å². The van der Waals surface area contributed by atoms with E-state index in [2.05, 4.69) is 10.3 Å². The molecule has 1 amide bonds. The predicted octanol–water partition coefficient (Wildman–Crippen LogP) is 4.02. The summed E-state index contributed by atoms with van der Waals surface area (Å²) in [5.41, 5.74) is 2.07. The predicted molar refractivity (Wildman–Crippen MR) is 120 cm³/mol. The first-order chi connectivity index (χ1) is 15.3. The van der Waals surface area contributed by atoms with Crippen LogP contribution < -0.4 is 10.7 Å². The van der Waals surface area contributed by atoms with Gasteiger partial charge in [-0.3, -0.25) is 19.4 Å². The van der Waals surface area contributed by atoms with Gasteiger partial charge in [0.15, 0.2) is 5.78 Å². The van der Waals surface area contributed by atoms with Crippen LogP contribution in [0.3, 0.4) is 0 Å². The fraction of sp³-hybridized carbons (Fsp3) is 0.120. The molecular formula is C25H20FN3O3. The van der Waals surface area contributed by atoms with Gasteiger partial charge in [0.05, 0.1) is 11.1 Å². The molecule has 32 heavy (non-hydrogen) atoms. The van der Waals surface area contributed by atoms with E-state index in [-0.39, 0.29) is 12.1 Å². The van der Waals surface area contributed by atoms with Crippen molar-refractivity contribution in [3.8, 4) is 0 Å². The number of benzene rings is 2. The molecule has 0 bridgehead atoms. The summed E-state index contributed by atoms with van der Waals surface area (Å²) in [4.78, 5) is 42.7. The number of rotatable bonds is 5. The van der Waals surface area contributed by atoms with Crippen LogP contribution in [0, 0.1) is 19.7 Å². The molecule has 0 saturated heterocycles. The average molecular weight is 429 g/mol. The van der Waals surface area contributed by atoms with Crippen LogP contribution in [0.25, 0.3) is 10.9 Å². The number of aryl methyl sites for hydroxylation is 2. The third kappa shape index (κ3) is 4.18. The van der Waals surface area contributed by atoms with Crippen molar-refractivity contribution >= 4 is 28.3 Å². The molecule has 0 fully saturated rings. The van der Waals surface area contributed by atoms with Crippen molar-refractivity contribution in [3.05, 3.63) is 105 Å². The van der Waals surface area contributed by atoms with Gasteiger partial charge in [-0.25, -0.2) is 4.39 Å². The van der Waals surface area contributed by atoms with Crippen molar-refractivity contribution in [3.63, 3.8) is 0 Å². The molecule has 0 atom stereocenters. The number of fused-ring (bicyclic) bond motifs is 1. The molecule has 4 rings (SSSR count). The molecule has 2 aromatic carbocycles. The minimum Gasteiger partial charge on any atom is -0.337 e. The van der Waals surface area contributed by atoms with Gasteiger partial charge in [-0.2, -0.15) is 0 Å². The van der Waals surface area contributed by atoms with Gasteiger partial charge in [0, 0.05) is 35.2 Å². The summed E-state index contributed by atoms with van der Waals surface area (Å²) in [7, 11) is 0. The van der Waals surface area contributed by atoms with E-state index in [9.17, 15) is 18.8 Å². The van der Waals surface area contributed by atoms with E-state index in [0.29, 0.717) is 27.7 Å². The van der Waals surface area contributed by atoms with E-state index in [1.54, 1.807) is 35.8 Å². The van der Waals surface area contributed by atoms with Crippen molar-refractivity contribution < 1.29 is 14.0 Å². The second kappa shape index (κ2) is 8.55. The number of hydrogen-bond donors (Lipinski definition) is 1. The van der Waals surface area contributed by atoms with Crippen LogP contribution in [0.1, 0.15) is 27.0 Å². The zero-order valence-corrected chi connectivity index (χ0v) is 17.6. The highest BCUT2D eigenvalue weighted by Gasteiger charge is 2.18. The van der Waals surface area contributed by atoms with Gasteiger partial charge in [-0.05, 0) is 55.8 Å². The molecule has 0 spiro atoms. The average Bonchev–Trinajstić information content (AvgIpc) is 2.78. The number of amides is 1. The Morgan fingerprint density at radius 3 is 2.50 bits per heavy atom. The zero-order valence-electron chi connectivity index (χ0n) is 17.6. The third-order valence-electron chi connectivity index (χ3n) is 5.19. The van der Waals surface area contributed by atoms with Gasteiger partial charge in [0.2, 0.25) is 11.3 Å². The number of pyridine rings is 2. The highest BCUT2D eigenvalue weighted by atomic mass is 19.1. The smallest absolute Gasteiger partial charge is 0.244 e. The van der Waals surface area contributed by atoms with Crippen molar-refractivity contribution in [2.24, 2.45) is 0 Å². The molecule has 2 aromatic heterocycles. The van der Waals surface area contributed by atoms with E-state index >= 15 is 0 Å². The van der Waals surface area contributed by atoms with E-state index in [4.69, 9.17) is 0 Å². The lowest BCUT2D eigenvalue weighted by atomic mass is 10.0. The molecule has 2 heterocycles. The Balaban J connectivity index is 1.75. The maximum absolute atomic E-state index is 13.8. The largest absolute Gasteiger partial charge is 0.337 e. The number of ketones is 1. The standard InChI is InChI=1S/C25H20FN3O3/c1-15-3-6-22-19(11-15)25(32)20(24(31)17-7-9-27-10-8-17)13-29(22)14-23(30)28-18-5-4-16(2)21(26)12-18/h3-13H,14H2,1-2H3,(H,28,30). The summed E-state index contributed by atoms with van der Waals surface area (Å²) in [6, 6.07) is 12.8. The van der Waals surface area contributed by atoms with Gasteiger partial charge >= 0.3 is 0 Å². The summed E-state index contributed by atoms with van der Waals surface area (Å²) in [6.45, 7) is 3.32. The van der Waals surface area contributed by atoms with Gasteiger partial charge in [-0.15, -0.1) is 0 Å². The minimum absolute atomic E-state index is 0.0384. The Hall–Kier alpha value is -4.13. The molecule has 0 aliphatic heterocycles. The first kappa shape index (κ1) is 21.1. The zero-order chi connectivity index (χ0) is 22.8. The molecule has 0 unspecified atom stereocenters. The molecule has 6 nitrogen and oxygen atoms in total. The number of aromatic nitrogens is 2. The summed E-state index contributed by atoms with van der Waals surface area (Å²) in [5, 5.41) is 3.00. The topological polar surface area (TPSA) is 81.1 Å². The SMILES string of the molecule is Cc1ccc2c(c1)c(=O)c(C(=O)c1ccncc1)cn2CC(=O)Nc1ccc(C)c(F)c1. The maximum Gasteiger partial charge on any atom is 0.244 e. The number of nitrogens with zero attached hydrogens (tertiary/aromatic N) is 2. The van der Waals surface area contributed by atoms with Crippen LogP contribution in [-0.4, -0.2) is 21.2 Å². The van der Waals surface area contributed by atoms with Crippen LogP contribution in [0.5, 0.6) is 0 Å². The fourth-order valence-electron chi connectivity index (χ4n) is 3.49. The Kier molecular flexibility index (Phi) is 5.64. The molecule has 0 radical (unpaired) electrons. The lowest BCUT2D eigenvalue weighted by molar-refractivity contribution is -0.116. The summed E-state index contributed by atoms with van der Waals surface area (Å²) >= 11 is 0. The van der Waals surface area contributed by atoms with E-state index < -0.39 is 22.9 Å². The highest BCUT2D eigenvalue weighted by Crippen LogP contribution is 2.17. The van der Waals surface area contributed by atoms with Crippen molar-refractivity contribution in [2.75, 3.05) is 5.32 Å². The summed E-state index contributed by atoms with van der Waals surface area (Å²) in [5.74, 6) is -1.28. The monoisotopic (exact) mass is 429 g/mol. The molecule has 0 aliphatic carbocycles. The van der Waals surface area contributed by atoms with Crippen LogP contribution in [0.4, 0.5) is 10.1 Å². The number of carbonyl (C=O) groups excluding carboxylic acids is 2. The van der Waals surface area contributed by atoms with E-state index in [1.807, 2.05) is 13.0 Å². The summed E-state index contributed by atoms with van der Waals surface area (Å²) in [6.07, 6.45) is 4.36. The first-order valence-electron chi connectivity index (χ1n) is 9.98. The maximum atomic E-state index is 13.8. The quantitative estimate of drug-likeness (QED) is 0.486.